The first-order chi connectivity index (χ1) is 12.8. The lowest BCUT2D eigenvalue weighted by atomic mass is 9.93. The molecule has 1 atom stereocenters. The van der Waals surface area contributed by atoms with Crippen LogP contribution in [0.5, 0.6) is 0 Å². The molecule has 0 aromatic heterocycles. The highest BCUT2D eigenvalue weighted by Gasteiger charge is 2.45. The zero-order valence-corrected chi connectivity index (χ0v) is 17.6. The number of amides is 2. The minimum Gasteiger partial charge on any atom is -0.371 e. The number of nitrogens with zero attached hydrogens (tertiary/aromatic N) is 3. The van der Waals surface area contributed by atoms with Gasteiger partial charge in [0.2, 0.25) is 11.8 Å². The van der Waals surface area contributed by atoms with E-state index in [4.69, 9.17) is 4.74 Å². The molecule has 0 radical (unpaired) electrons. The van der Waals surface area contributed by atoms with Gasteiger partial charge in [-0.3, -0.25) is 9.59 Å². The molecule has 0 saturated carbocycles. The van der Waals surface area contributed by atoms with Crippen molar-refractivity contribution in [2.24, 2.45) is 10.3 Å². The van der Waals surface area contributed by atoms with Crippen molar-refractivity contribution in [3.05, 3.63) is 0 Å². The van der Waals surface area contributed by atoms with Crippen LogP contribution in [-0.2, 0) is 24.1 Å². The molecule has 154 valence electrons. The molecule has 0 aromatic rings. The monoisotopic (exact) mass is 399 g/mol. The lowest BCUT2D eigenvalue weighted by Crippen LogP contribution is -2.60. The standard InChI is InChI=1S/C19H33N3O4S/c1-4-20-27(25)12-7-19(8-13-27)14-21(10-11-26-19)18(24)17(15(2)3)22-9-5-6-16(22)23/h15,17H,4-14H2,1-3H3. The van der Waals surface area contributed by atoms with Crippen LogP contribution in [0.2, 0.25) is 0 Å². The third kappa shape index (κ3) is 4.31. The Hall–Kier alpha value is -1.15. The van der Waals surface area contributed by atoms with Crippen molar-refractivity contribution in [3.8, 4) is 0 Å². The molecule has 1 spiro atoms. The van der Waals surface area contributed by atoms with Crippen molar-refractivity contribution >= 4 is 21.5 Å². The lowest BCUT2D eigenvalue weighted by Gasteiger charge is -2.46. The van der Waals surface area contributed by atoms with Gasteiger partial charge in [0.05, 0.1) is 12.2 Å². The second kappa shape index (κ2) is 8.07. The third-order valence-corrected chi connectivity index (χ3v) is 8.42. The molecule has 7 nitrogen and oxygen atoms in total. The van der Waals surface area contributed by atoms with Crippen molar-refractivity contribution in [1.29, 1.82) is 0 Å². The van der Waals surface area contributed by atoms with E-state index in [2.05, 4.69) is 4.36 Å². The van der Waals surface area contributed by atoms with Gasteiger partial charge in [-0.15, -0.1) is 0 Å². The first-order valence-corrected chi connectivity index (χ1v) is 12.0. The van der Waals surface area contributed by atoms with E-state index in [-0.39, 0.29) is 17.7 Å². The van der Waals surface area contributed by atoms with Gasteiger partial charge in [-0.25, -0.2) is 8.57 Å². The second-order valence-corrected chi connectivity index (χ2v) is 10.9. The average molecular weight is 400 g/mol. The van der Waals surface area contributed by atoms with Gasteiger partial charge in [0.15, 0.2) is 0 Å². The third-order valence-electron chi connectivity index (χ3n) is 6.01. The highest BCUT2D eigenvalue weighted by Crippen LogP contribution is 2.33. The van der Waals surface area contributed by atoms with Gasteiger partial charge < -0.3 is 14.5 Å². The van der Waals surface area contributed by atoms with Crippen molar-refractivity contribution in [1.82, 2.24) is 9.80 Å². The van der Waals surface area contributed by atoms with Gasteiger partial charge in [-0.1, -0.05) is 13.8 Å². The minimum atomic E-state index is -2.11. The van der Waals surface area contributed by atoms with E-state index in [1.165, 1.54) is 0 Å². The number of carbonyl (C=O) groups is 2. The summed E-state index contributed by atoms with van der Waals surface area (Å²) in [6.07, 6.45) is 2.72. The van der Waals surface area contributed by atoms with Crippen molar-refractivity contribution in [2.75, 3.05) is 44.3 Å². The predicted molar refractivity (Wildman–Crippen MR) is 105 cm³/mol. The molecule has 27 heavy (non-hydrogen) atoms. The minimum absolute atomic E-state index is 0.0347. The fourth-order valence-corrected chi connectivity index (χ4v) is 6.86. The SMILES string of the molecule is CCN=S1(=O)CCC2(CC1)CN(C(=O)C(C(C)C)N1CCCC1=O)CCO2. The molecule has 3 rings (SSSR count). The molecule has 0 N–H and O–H groups in total. The van der Waals surface area contributed by atoms with E-state index >= 15 is 0 Å². The van der Waals surface area contributed by atoms with Crippen LogP contribution in [0.25, 0.3) is 0 Å². The van der Waals surface area contributed by atoms with Gasteiger partial charge in [-0.2, -0.15) is 0 Å². The zero-order valence-electron chi connectivity index (χ0n) is 16.8. The zero-order chi connectivity index (χ0) is 19.7. The van der Waals surface area contributed by atoms with Crippen LogP contribution in [0.3, 0.4) is 0 Å². The maximum Gasteiger partial charge on any atom is 0.245 e. The number of morpholine rings is 1. The molecule has 8 heteroatoms. The Kier molecular flexibility index (Phi) is 6.15. The van der Waals surface area contributed by atoms with E-state index in [0.717, 1.165) is 6.42 Å². The fourth-order valence-electron chi connectivity index (χ4n) is 4.55. The van der Waals surface area contributed by atoms with Gasteiger partial charge in [0.25, 0.3) is 0 Å². The summed E-state index contributed by atoms with van der Waals surface area (Å²) in [6.45, 7) is 8.76. The second-order valence-electron chi connectivity index (χ2n) is 8.30. The molecule has 2 amide bonds. The van der Waals surface area contributed by atoms with Crippen LogP contribution in [0, 0.1) is 5.92 Å². The van der Waals surface area contributed by atoms with Gasteiger partial charge >= 0.3 is 0 Å². The fraction of sp³-hybridized carbons (Fsp3) is 0.895. The molecular formula is C19H33N3O4S. The van der Waals surface area contributed by atoms with Crippen LogP contribution >= 0.6 is 0 Å². The first-order valence-electron chi connectivity index (χ1n) is 10.2. The largest absolute Gasteiger partial charge is 0.371 e. The van der Waals surface area contributed by atoms with Crippen LogP contribution in [0.4, 0.5) is 0 Å². The van der Waals surface area contributed by atoms with Crippen LogP contribution in [0.1, 0.15) is 46.5 Å². The van der Waals surface area contributed by atoms with Crippen LogP contribution < -0.4 is 0 Å². The predicted octanol–water partition coefficient (Wildman–Crippen LogP) is 1.51. The number of carbonyl (C=O) groups excluding carboxylic acids is 2. The van der Waals surface area contributed by atoms with E-state index in [1.54, 1.807) is 4.90 Å². The quantitative estimate of drug-likeness (QED) is 0.718. The molecule has 0 bridgehead atoms. The van der Waals surface area contributed by atoms with E-state index < -0.39 is 21.4 Å². The number of ether oxygens (including phenoxy) is 1. The molecule has 3 heterocycles. The van der Waals surface area contributed by atoms with Crippen LogP contribution in [-0.4, -0.2) is 81.8 Å². The van der Waals surface area contributed by atoms with Gasteiger partial charge in [-0.05, 0) is 32.1 Å². The Balaban J connectivity index is 1.72. The molecule has 3 aliphatic rings. The summed E-state index contributed by atoms with van der Waals surface area (Å²) in [5.41, 5.74) is -0.408. The number of hydrogen-bond acceptors (Lipinski definition) is 5. The Labute approximate surface area is 163 Å². The molecule has 1 unspecified atom stereocenters. The summed E-state index contributed by atoms with van der Waals surface area (Å²) in [7, 11) is -2.11. The maximum absolute atomic E-state index is 13.3. The maximum atomic E-state index is 13.3. The van der Waals surface area contributed by atoms with Gasteiger partial charge in [0, 0.05) is 53.8 Å². The Morgan fingerprint density at radius 1 is 1.30 bits per heavy atom. The van der Waals surface area contributed by atoms with E-state index in [9.17, 15) is 13.8 Å². The molecule has 0 aromatic carbocycles. The number of rotatable bonds is 4. The van der Waals surface area contributed by atoms with E-state index in [0.29, 0.717) is 63.6 Å². The molecule has 3 saturated heterocycles. The number of likely N-dealkylation sites (tertiary alicyclic amines) is 1. The summed E-state index contributed by atoms with van der Waals surface area (Å²) in [5.74, 6) is 1.28. The molecule has 0 aliphatic carbocycles. The number of hydrogen-bond donors (Lipinski definition) is 0. The van der Waals surface area contributed by atoms with Crippen molar-refractivity contribution in [3.63, 3.8) is 0 Å². The normalized spacial score (nSPS) is 33.0. The van der Waals surface area contributed by atoms with Gasteiger partial charge in [0.1, 0.15) is 6.04 Å². The van der Waals surface area contributed by atoms with Crippen LogP contribution in [0.15, 0.2) is 4.36 Å². The Morgan fingerprint density at radius 3 is 2.56 bits per heavy atom. The smallest absolute Gasteiger partial charge is 0.245 e. The Morgan fingerprint density at radius 2 is 2.00 bits per heavy atom. The molecular weight excluding hydrogens is 366 g/mol. The summed E-state index contributed by atoms with van der Waals surface area (Å²) in [6, 6.07) is -0.391. The van der Waals surface area contributed by atoms with Crippen molar-refractivity contribution < 1.29 is 18.5 Å². The highest BCUT2D eigenvalue weighted by molar-refractivity contribution is 7.93. The summed E-state index contributed by atoms with van der Waals surface area (Å²) in [4.78, 5) is 29.2. The first kappa shape index (κ1) is 20.6. The Bertz CT molecular complexity index is 685. The summed E-state index contributed by atoms with van der Waals surface area (Å²) in [5, 5.41) is 0. The molecule has 3 fully saturated rings. The highest BCUT2D eigenvalue weighted by atomic mass is 32.2. The lowest BCUT2D eigenvalue weighted by molar-refractivity contribution is -0.160. The summed E-state index contributed by atoms with van der Waals surface area (Å²) >= 11 is 0. The topological polar surface area (TPSA) is 79.3 Å². The average Bonchev–Trinajstić information content (AvgIpc) is 3.04. The van der Waals surface area contributed by atoms with E-state index in [1.807, 2.05) is 25.7 Å². The molecule has 3 aliphatic heterocycles. The van der Waals surface area contributed by atoms with Crippen molar-refractivity contribution in [2.45, 2.75) is 58.1 Å². The summed E-state index contributed by atoms with van der Waals surface area (Å²) < 4.78 is 23.1.